The summed E-state index contributed by atoms with van der Waals surface area (Å²) < 4.78 is 0. The molecule has 3 heteroatoms. The second kappa shape index (κ2) is 5.09. The fraction of sp³-hybridized carbons (Fsp3) is 0.533. The van der Waals surface area contributed by atoms with Crippen LogP contribution in [0.3, 0.4) is 0 Å². The van der Waals surface area contributed by atoms with Crippen LogP contribution in [0.4, 0.5) is 0 Å². The summed E-state index contributed by atoms with van der Waals surface area (Å²) in [6, 6.07) is 10.9. The molecular formula is C15H19N3. The molecule has 0 aromatic heterocycles. The van der Waals surface area contributed by atoms with Gasteiger partial charge in [0, 0.05) is 19.1 Å². The summed E-state index contributed by atoms with van der Waals surface area (Å²) in [5.41, 5.74) is 2.07. The number of nitriles is 1. The van der Waals surface area contributed by atoms with Crippen molar-refractivity contribution in [2.45, 2.75) is 25.4 Å². The predicted molar refractivity (Wildman–Crippen MR) is 70.9 cm³/mol. The van der Waals surface area contributed by atoms with E-state index in [9.17, 15) is 0 Å². The van der Waals surface area contributed by atoms with Crippen LogP contribution in [0.2, 0.25) is 0 Å². The molecule has 2 fully saturated rings. The van der Waals surface area contributed by atoms with Gasteiger partial charge in [-0.15, -0.1) is 0 Å². The molecule has 2 heterocycles. The lowest BCUT2D eigenvalue weighted by molar-refractivity contribution is 0.117. The summed E-state index contributed by atoms with van der Waals surface area (Å²) in [5.74, 6) is 0.845. The molecule has 18 heavy (non-hydrogen) atoms. The molecule has 0 bridgehead atoms. The van der Waals surface area contributed by atoms with Crippen LogP contribution in [-0.4, -0.2) is 30.6 Å². The molecule has 1 aromatic carbocycles. The van der Waals surface area contributed by atoms with Crippen LogP contribution in [0.15, 0.2) is 24.3 Å². The van der Waals surface area contributed by atoms with Crippen molar-refractivity contribution in [3.05, 3.63) is 35.4 Å². The Bertz CT molecular complexity index is 446. The number of rotatable bonds is 2. The van der Waals surface area contributed by atoms with E-state index in [-0.39, 0.29) is 0 Å². The fourth-order valence-corrected chi connectivity index (χ4v) is 3.28. The van der Waals surface area contributed by atoms with E-state index >= 15 is 0 Å². The van der Waals surface area contributed by atoms with Crippen LogP contribution in [0.1, 0.15) is 24.0 Å². The zero-order valence-electron chi connectivity index (χ0n) is 10.6. The summed E-state index contributed by atoms with van der Waals surface area (Å²) in [6.45, 7) is 4.56. The van der Waals surface area contributed by atoms with Crippen molar-refractivity contribution in [3.8, 4) is 6.07 Å². The van der Waals surface area contributed by atoms with Gasteiger partial charge in [0.05, 0.1) is 11.6 Å². The van der Waals surface area contributed by atoms with E-state index in [1.165, 1.54) is 31.5 Å². The van der Waals surface area contributed by atoms with Gasteiger partial charge in [-0.1, -0.05) is 12.1 Å². The van der Waals surface area contributed by atoms with E-state index < -0.39 is 0 Å². The average Bonchev–Trinajstić information content (AvgIpc) is 2.89. The van der Waals surface area contributed by atoms with Gasteiger partial charge in [0.1, 0.15) is 0 Å². The Hall–Kier alpha value is -1.37. The molecule has 94 valence electrons. The smallest absolute Gasteiger partial charge is 0.0991 e. The zero-order valence-corrected chi connectivity index (χ0v) is 10.6. The quantitative estimate of drug-likeness (QED) is 0.857. The first-order valence-electron chi connectivity index (χ1n) is 6.80. The number of piperidine rings is 1. The van der Waals surface area contributed by atoms with E-state index in [0.717, 1.165) is 30.6 Å². The number of hydrogen-bond donors (Lipinski definition) is 1. The lowest BCUT2D eigenvalue weighted by Crippen LogP contribution is -2.44. The summed E-state index contributed by atoms with van der Waals surface area (Å²) in [6.07, 6.45) is 2.70. The number of benzene rings is 1. The minimum atomic E-state index is 0.717. The van der Waals surface area contributed by atoms with Crippen LogP contribution >= 0.6 is 0 Å². The second-order valence-corrected chi connectivity index (χ2v) is 5.41. The van der Waals surface area contributed by atoms with E-state index in [0.29, 0.717) is 0 Å². The molecule has 1 aromatic rings. The first kappa shape index (κ1) is 11.7. The van der Waals surface area contributed by atoms with Crippen molar-refractivity contribution >= 4 is 0 Å². The Morgan fingerprint density at radius 3 is 2.89 bits per heavy atom. The van der Waals surface area contributed by atoms with Gasteiger partial charge in [0.25, 0.3) is 0 Å². The second-order valence-electron chi connectivity index (χ2n) is 5.41. The first-order valence-corrected chi connectivity index (χ1v) is 6.80. The molecule has 3 rings (SSSR count). The number of fused-ring (bicyclic) bond motifs is 1. The van der Waals surface area contributed by atoms with Gasteiger partial charge in [-0.3, -0.25) is 4.90 Å². The Labute approximate surface area is 108 Å². The normalized spacial score (nSPS) is 27.7. The molecule has 2 aliphatic rings. The maximum absolute atomic E-state index is 8.80. The van der Waals surface area contributed by atoms with Gasteiger partial charge >= 0.3 is 0 Å². The van der Waals surface area contributed by atoms with Crippen LogP contribution in [-0.2, 0) is 6.54 Å². The Kier molecular flexibility index (Phi) is 3.31. The summed E-state index contributed by atoms with van der Waals surface area (Å²) in [4.78, 5) is 2.61. The van der Waals surface area contributed by atoms with E-state index in [1.54, 1.807) is 0 Å². The molecular weight excluding hydrogens is 222 g/mol. The average molecular weight is 241 g/mol. The highest BCUT2D eigenvalue weighted by molar-refractivity contribution is 5.31. The SMILES string of the molecule is N#Cc1ccc(CN2CCCC3CNCC32)cc1. The van der Waals surface area contributed by atoms with Crippen LogP contribution in [0, 0.1) is 17.2 Å². The Morgan fingerprint density at radius 2 is 2.11 bits per heavy atom. The van der Waals surface area contributed by atoms with Crippen molar-refractivity contribution < 1.29 is 0 Å². The zero-order chi connectivity index (χ0) is 12.4. The van der Waals surface area contributed by atoms with Crippen LogP contribution in [0.25, 0.3) is 0 Å². The predicted octanol–water partition coefficient (Wildman–Crippen LogP) is 1.74. The van der Waals surface area contributed by atoms with Gasteiger partial charge < -0.3 is 5.32 Å². The number of likely N-dealkylation sites (tertiary alicyclic amines) is 1. The lowest BCUT2D eigenvalue weighted by Gasteiger charge is -2.37. The van der Waals surface area contributed by atoms with Gasteiger partial charge in [-0.25, -0.2) is 0 Å². The first-order chi connectivity index (χ1) is 8.86. The molecule has 0 radical (unpaired) electrons. The molecule has 0 aliphatic carbocycles. The molecule has 2 atom stereocenters. The van der Waals surface area contributed by atoms with Gasteiger partial charge in [0.2, 0.25) is 0 Å². The largest absolute Gasteiger partial charge is 0.315 e. The van der Waals surface area contributed by atoms with Crippen molar-refractivity contribution in [3.63, 3.8) is 0 Å². The van der Waals surface area contributed by atoms with Crippen molar-refractivity contribution in [1.29, 1.82) is 5.26 Å². The summed E-state index contributed by atoms with van der Waals surface area (Å²) in [5, 5.41) is 12.3. The maximum atomic E-state index is 8.80. The summed E-state index contributed by atoms with van der Waals surface area (Å²) in [7, 11) is 0. The number of nitrogens with zero attached hydrogens (tertiary/aromatic N) is 2. The van der Waals surface area contributed by atoms with Crippen molar-refractivity contribution in [1.82, 2.24) is 10.2 Å². The molecule has 0 saturated carbocycles. The number of hydrogen-bond acceptors (Lipinski definition) is 3. The van der Waals surface area contributed by atoms with E-state index in [4.69, 9.17) is 5.26 Å². The van der Waals surface area contributed by atoms with Gasteiger partial charge in [-0.05, 0) is 49.5 Å². The number of nitrogens with one attached hydrogen (secondary N) is 1. The highest BCUT2D eigenvalue weighted by atomic mass is 15.2. The van der Waals surface area contributed by atoms with E-state index in [2.05, 4.69) is 28.4 Å². The molecule has 1 N–H and O–H groups in total. The van der Waals surface area contributed by atoms with Gasteiger partial charge in [0.15, 0.2) is 0 Å². The monoisotopic (exact) mass is 241 g/mol. The topological polar surface area (TPSA) is 39.1 Å². The minimum absolute atomic E-state index is 0.717. The molecule has 3 nitrogen and oxygen atoms in total. The third kappa shape index (κ3) is 2.27. The molecule has 2 unspecified atom stereocenters. The fourth-order valence-electron chi connectivity index (χ4n) is 3.28. The Morgan fingerprint density at radius 1 is 1.28 bits per heavy atom. The molecule has 0 amide bonds. The van der Waals surface area contributed by atoms with Crippen molar-refractivity contribution in [2.24, 2.45) is 5.92 Å². The van der Waals surface area contributed by atoms with Gasteiger partial charge in [-0.2, -0.15) is 5.26 Å². The highest BCUT2D eigenvalue weighted by Gasteiger charge is 2.34. The maximum Gasteiger partial charge on any atom is 0.0991 e. The highest BCUT2D eigenvalue weighted by Crippen LogP contribution is 2.27. The van der Waals surface area contributed by atoms with Crippen LogP contribution < -0.4 is 5.32 Å². The molecule has 2 saturated heterocycles. The summed E-state index contributed by atoms with van der Waals surface area (Å²) >= 11 is 0. The molecule has 0 spiro atoms. The third-order valence-electron chi connectivity index (χ3n) is 4.26. The third-order valence-corrected chi connectivity index (χ3v) is 4.26. The van der Waals surface area contributed by atoms with E-state index in [1.807, 2.05) is 12.1 Å². The standard InChI is InChI=1S/C15H19N3/c16-8-12-3-5-13(6-4-12)11-18-7-1-2-14-9-17-10-15(14)18/h3-6,14-15,17H,1-2,7,9-11H2. The van der Waals surface area contributed by atoms with Crippen LogP contribution in [0.5, 0.6) is 0 Å². The van der Waals surface area contributed by atoms with Crippen molar-refractivity contribution in [2.75, 3.05) is 19.6 Å². The minimum Gasteiger partial charge on any atom is -0.315 e. The lowest BCUT2D eigenvalue weighted by atomic mass is 9.91. The Balaban J connectivity index is 1.69. The molecule has 2 aliphatic heterocycles.